The average Bonchev–Trinajstić information content (AvgIpc) is 2.73. The lowest BCUT2D eigenvalue weighted by atomic mass is 9.94. The Kier molecular flexibility index (Phi) is 6.41. The minimum atomic E-state index is -3.85. The van der Waals surface area contributed by atoms with E-state index in [4.69, 9.17) is 9.47 Å². The summed E-state index contributed by atoms with van der Waals surface area (Å²) in [5, 5.41) is 11.2. The summed E-state index contributed by atoms with van der Waals surface area (Å²) in [6.45, 7) is 2.16. The van der Waals surface area contributed by atoms with Crippen molar-refractivity contribution in [3.63, 3.8) is 0 Å². The molecule has 0 N–H and O–H groups in total. The van der Waals surface area contributed by atoms with Gasteiger partial charge in [-0.15, -0.1) is 0 Å². The summed E-state index contributed by atoms with van der Waals surface area (Å²) in [6.07, 6.45) is 6.12. The molecule has 156 valence electrons. The molecule has 1 aliphatic heterocycles. The van der Waals surface area contributed by atoms with Crippen molar-refractivity contribution >= 4 is 15.7 Å². The number of nitro groups is 1. The highest BCUT2D eigenvalue weighted by atomic mass is 32.2. The standard InChI is InChI=1S/C18H27N3O6S/c1-26-16-13-18(17(27-2)12-15(16)21(22)23)28(24,25)20-10-8-19(9-11-20)14-6-4-3-5-7-14/h12-14H,3-11H2,1-2H3. The van der Waals surface area contributed by atoms with Crippen LogP contribution in [0.25, 0.3) is 0 Å². The van der Waals surface area contributed by atoms with Crippen molar-refractivity contribution in [2.45, 2.75) is 43.0 Å². The highest BCUT2D eigenvalue weighted by Crippen LogP contribution is 2.38. The largest absolute Gasteiger partial charge is 0.495 e. The van der Waals surface area contributed by atoms with Gasteiger partial charge in [0.1, 0.15) is 10.6 Å². The topological polar surface area (TPSA) is 102 Å². The summed E-state index contributed by atoms with van der Waals surface area (Å²) in [7, 11) is -1.29. The van der Waals surface area contributed by atoms with Crippen molar-refractivity contribution in [1.29, 1.82) is 0 Å². The summed E-state index contributed by atoms with van der Waals surface area (Å²) in [5.41, 5.74) is -0.333. The van der Waals surface area contributed by atoms with Gasteiger partial charge in [-0.25, -0.2) is 8.42 Å². The van der Waals surface area contributed by atoms with E-state index in [0.29, 0.717) is 32.2 Å². The zero-order valence-electron chi connectivity index (χ0n) is 16.3. The lowest BCUT2D eigenvalue weighted by Gasteiger charge is -2.40. The number of nitrogens with zero attached hydrogens (tertiary/aromatic N) is 3. The number of nitro benzene ring substituents is 1. The SMILES string of the molecule is COc1cc(S(=O)(=O)N2CCN(C3CCCCC3)CC2)c(OC)cc1[N+](=O)[O-]. The molecule has 0 amide bonds. The molecule has 1 heterocycles. The highest BCUT2D eigenvalue weighted by molar-refractivity contribution is 7.89. The summed E-state index contributed by atoms with van der Waals surface area (Å²) >= 11 is 0. The van der Waals surface area contributed by atoms with Crippen LogP contribution in [0.1, 0.15) is 32.1 Å². The quantitative estimate of drug-likeness (QED) is 0.520. The number of sulfonamides is 1. The molecule has 0 aromatic heterocycles. The number of ether oxygens (including phenoxy) is 2. The van der Waals surface area contributed by atoms with Gasteiger partial charge < -0.3 is 9.47 Å². The molecular weight excluding hydrogens is 386 g/mol. The third-order valence-electron chi connectivity index (χ3n) is 5.64. The van der Waals surface area contributed by atoms with Gasteiger partial charge in [-0.05, 0) is 12.8 Å². The highest BCUT2D eigenvalue weighted by Gasteiger charge is 2.35. The first-order valence-corrected chi connectivity index (χ1v) is 11.0. The van der Waals surface area contributed by atoms with E-state index in [9.17, 15) is 18.5 Å². The first-order chi connectivity index (χ1) is 13.4. The van der Waals surface area contributed by atoms with Crippen molar-refractivity contribution in [3.8, 4) is 11.5 Å². The predicted molar refractivity (Wildman–Crippen MR) is 103 cm³/mol. The average molecular weight is 413 g/mol. The second kappa shape index (κ2) is 8.62. The molecular formula is C18H27N3O6S. The van der Waals surface area contributed by atoms with Crippen LogP contribution in [0.2, 0.25) is 0 Å². The molecule has 2 aliphatic rings. The van der Waals surface area contributed by atoms with Crippen LogP contribution in [-0.4, -0.2) is 69.0 Å². The van der Waals surface area contributed by atoms with Crippen LogP contribution in [-0.2, 0) is 10.0 Å². The maximum absolute atomic E-state index is 13.2. The predicted octanol–water partition coefficient (Wildman–Crippen LogP) is 2.25. The second-order valence-corrected chi connectivity index (χ2v) is 9.07. The van der Waals surface area contributed by atoms with Crippen molar-refractivity contribution in [1.82, 2.24) is 9.21 Å². The molecule has 10 heteroatoms. The van der Waals surface area contributed by atoms with Crippen molar-refractivity contribution in [2.24, 2.45) is 0 Å². The Morgan fingerprint density at radius 1 is 1.00 bits per heavy atom. The van der Waals surface area contributed by atoms with E-state index in [1.165, 1.54) is 56.7 Å². The molecule has 9 nitrogen and oxygen atoms in total. The Morgan fingerprint density at radius 3 is 2.14 bits per heavy atom. The Morgan fingerprint density at radius 2 is 1.61 bits per heavy atom. The summed E-state index contributed by atoms with van der Waals surface area (Å²) in [6, 6.07) is 2.83. The van der Waals surface area contributed by atoms with Crippen molar-refractivity contribution in [3.05, 3.63) is 22.2 Å². The molecule has 1 aliphatic carbocycles. The lowest BCUT2D eigenvalue weighted by Crippen LogP contribution is -2.52. The van der Waals surface area contributed by atoms with Crippen LogP contribution in [0.4, 0.5) is 5.69 Å². The molecule has 1 aromatic rings. The van der Waals surface area contributed by atoms with Crippen LogP contribution in [0, 0.1) is 10.1 Å². The van der Waals surface area contributed by atoms with E-state index in [2.05, 4.69) is 4.90 Å². The number of hydrogen-bond donors (Lipinski definition) is 0. The van der Waals surface area contributed by atoms with Crippen molar-refractivity contribution < 1.29 is 22.8 Å². The summed E-state index contributed by atoms with van der Waals surface area (Å²) in [4.78, 5) is 12.9. The smallest absolute Gasteiger partial charge is 0.314 e. The normalized spacial score (nSPS) is 20.1. The molecule has 0 spiro atoms. The first-order valence-electron chi connectivity index (χ1n) is 9.53. The minimum Gasteiger partial charge on any atom is -0.495 e. The summed E-state index contributed by atoms with van der Waals surface area (Å²) in [5.74, 6) is -0.160. The van der Waals surface area contributed by atoms with Gasteiger partial charge in [0.2, 0.25) is 10.0 Å². The third-order valence-corrected chi connectivity index (χ3v) is 7.56. The van der Waals surface area contributed by atoms with Gasteiger partial charge in [-0.1, -0.05) is 19.3 Å². The van der Waals surface area contributed by atoms with Gasteiger partial charge in [-0.3, -0.25) is 15.0 Å². The van der Waals surface area contributed by atoms with Crippen molar-refractivity contribution in [2.75, 3.05) is 40.4 Å². The Bertz CT molecular complexity index is 815. The first kappa shape index (κ1) is 20.8. The van der Waals surface area contributed by atoms with Crippen LogP contribution in [0.15, 0.2) is 17.0 Å². The van der Waals surface area contributed by atoms with Crippen LogP contribution in [0.3, 0.4) is 0 Å². The molecule has 1 aromatic carbocycles. The second-order valence-electron chi connectivity index (χ2n) is 7.16. The summed E-state index contributed by atoms with van der Waals surface area (Å²) < 4.78 is 38.0. The maximum atomic E-state index is 13.2. The molecule has 2 fully saturated rings. The molecule has 0 bridgehead atoms. The molecule has 1 saturated carbocycles. The monoisotopic (exact) mass is 413 g/mol. The number of methoxy groups -OCH3 is 2. The third kappa shape index (κ3) is 4.08. The Balaban J connectivity index is 1.82. The van der Waals surface area contributed by atoms with E-state index in [1.807, 2.05) is 0 Å². The van der Waals surface area contributed by atoms with Gasteiger partial charge in [0.15, 0.2) is 5.75 Å². The van der Waals surface area contributed by atoms with E-state index >= 15 is 0 Å². The number of hydrogen-bond acceptors (Lipinski definition) is 7. The van der Waals surface area contributed by atoms with E-state index < -0.39 is 14.9 Å². The van der Waals surface area contributed by atoms with E-state index in [0.717, 1.165) is 6.07 Å². The fourth-order valence-corrected chi connectivity index (χ4v) is 5.67. The maximum Gasteiger partial charge on any atom is 0.314 e. The van der Waals surface area contributed by atoms with Crippen LogP contribution < -0.4 is 9.47 Å². The Labute approximate surface area is 165 Å². The zero-order chi connectivity index (χ0) is 20.3. The molecule has 0 unspecified atom stereocenters. The van der Waals surface area contributed by atoms with Gasteiger partial charge in [0, 0.05) is 38.3 Å². The minimum absolute atomic E-state index is 0.0535. The van der Waals surface area contributed by atoms with E-state index in [-0.39, 0.29) is 22.1 Å². The van der Waals surface area contributed by atoms with Gasteiger partial charge >= 0.3 is 5.69 Å². The number of rotatable bonds is 6. The van der Waals surface area contributed by atoms with Gasteiger partial charge in [-0.2, -0.15) is 4.31 Å². The van der Waals surface area contributed by atoms with Gasteiger partial charge in [0.05, 0.1) is 25.2 Å². The van der Waals surface area contributed by atoms with Crippen LogP contribution >= 0.6 is 0 Å². The Hall–Kier alpha value is -1.91. The molecule has 0 radical (unpaired) electrons. The fourth-order valence-electron chi connectivity index (χ4n) is 4.09. The van der Waals surface area contributed by atoms with Gasteiger partial charge in [0.25, 0.3) is 0 Å². The molecule has 1 saturated heterocycles. The number of piperazine rings is 1. The van der Waals surface area contributed by atoms with Crippen LogP contribution in [0.5, 0.6) is 11.5 Å². The fraction of sp³-hybridized carbons (Fsp3) is 0.667. The van der Waals surface area contributed by atoms with E-state index in [1.54, 1.807) is 0 Å². The molecule has 3 rings (SSSR count). The zero-order valence-corrected chi connectivity index (χ0v) is 17.1. The number of benzene rings is 1. The molecule has 0 atom stereocenters. The lowest BCUT2D eigenvalue weighted by molar-refractivity contribution is -0.385. The molecule has 28 heavy (non-hydrogen) atoms.